The first-order chi connectivity index (χ1) is 8.99. The topological polar surface area (TPSA) is 32.3 Å². The summed E-state index contributed by atoms with van der Waals surface area (Å²) in [6.07, 6.45) is 4.89. The van der Waals surface area contributed by atoms with Crippen LogP contribution in [0.5, 0.6) is 0 Å². The molecule has 1 aliphatic rings. The lowest BCUT2D eigenvalue weighted by atomic mass is 10.1. The van der Waals surface area contributed by atoms with E-state index in [1.807, 2.05) is 0 Å². The summed E-state index contributed by atoms with van der Waals surface area (Å²) < 4.78 is 0. The molecule has 0 spiro atoms. The van der Waals surface area contributed by atoms with Crippen molar-refractivity contribution in [3.05, 3.63) is 0 Å². The van der Waals surface area contributed by atoms with Crippen LogP contribution in [0.15, 0.2) is 0 Å². The van der Waals surface area contributed by atoms with Gasteiger partial charge >= 0.3 is 0 Å². The average molecular weight is 268 g/mol. The minimum Gasteiger partial charge on any atom is -0.342 e. The zero-order chi connectivity index (χ0) is 14.3. The first kappa shape index (κ1) is 16.5. The Labute approximate surface area is 119 Å². The fourth-order valence-electron chi connectivity index (χ4n) is 2.01. The molecule has 0 saturated heterocycles. The highest BCUT2D eigenvalue weighted by Gasteiger charge is 2.21. The molecule has 3 heteroatoms. The van der Waals surface area contributed by atoms with Crippen molar-refractivity contribution in [1.29, 1.82) is 0 Å². The van der Waals surface area contributed by atoms with Crippen LogP contribution in [-0.4, -0.2) is 37.0 Å². The van der Waals surface area contributed by atoms with Gasteiger partial charge in [0, 0.05) is 13.1 Å². The Morgan fingerprint density at radius 1 is 1.11 bits per heavy atom. The highest BCUT2D eigenvalue weighted by molar-refractivity contribution is 5.78. The number of carbonyl (C=O) groups excluding carboxylic acids is 1. The number of hydrogen-bond acceptors (Lipinski definition) is 2. The van der Waals surface area contributed by atoms with E-state index in [2.05, 4.69) is 37.9 Å². The van der Waals surface area contributed by atoms with Crippen LogP contribution in [0.1, 0.15) is 53.4 Å². The van der Waals surface area contributed by atoms with Crippen LogP contribution < -0.4 is 5.32 Å². The van der Waals surface area contributed by atoms with Crippen LogP contribution in [0.4, 0.5) is 0 Å². The highest BCUT2D eigenvalue weighted by Crippen LogP contribution is 2.27. The molecule has 0 radical (unpaired) electrons. The number of carbonyl (C=O) groups is 1. The van der Waals surface area contributed by atoms with Gasteiger partial charge < -0.3 is 10.2 Å². The lowest BCUT2D eigenvalue weighted by molar-refractivity contribution is -0.130. The molecule has 0 heterocycles. The molecule has 0 unspecified atom stereocenters. The van der Waals surface area contributed by atoms with Crippen LogP contribution in [-0.2, 0) is 4.79 Å². The van der Waals surface area contributed by atoms with Crippen molar-refractivity contribution < 1.29 is 4.79 Å². The molecule has 0 aliphatic heterocycles. The third-order valence-electron chi connectivity index (χ3n) is 3.71. The molecular weight excluding hydrogens is 236 g/mol. The molecule has 19 heavy (non-hydrogen) atoms. The van der Waals surface area contributed by atoms with Crippen LogP contribution in [0.2, 0.25) is 0 Å². The predicted octanol–water partition coefficient (Wildman–Crippen LogP) is 2.91. The summed E-state index contributed by atoms with van der Waals surface area (Å²) in [5.74, 6) is 2.44. The van der Waals surface area contributed by atoms with Crippen molar-refractivity contribution in [1.82, 2.24) is 10.2 Å². The third-order valence-corrected chi connectivity index (χ3v) is 3.71. The number of rotatable bonds is 10. The van der Waals surface area contributed by atoms with E-state index in [1.165, 1.54) is 12.8 Å². The highest BCUT2D eigenvalue weighted by atomic mass is 16.2. The Morgan fingerprint density at radius 2 is 1.63 bits per heavy atom. The maximum Gasteiger partial charge on any atom is 0.236 e. The zero-order valence-electron chi connectivity index (χ0n) is 13.2. The summed E-state index contributed by atoms with van der Waals surface area (Å²) in [4.78, 5) is 14.3. The monoisotopic (exact) mass is 268 g/mol. The molecule has 3 nitrogen and oxygen atoms in total. The lowest BCUT2D eigenvalue weighted by Crippen LogP contribution is -2.40. The van der Waals surface area contributed by atoms with Crippen molar-refractivity contribution in [2.75, 3.05) is 26.2 Å². The smallest absolute Gasteiger partial charge is 0.236 e. The first-order valence-electron chi connectivity index (χ1n) is 7.97. The zero-order valence-corrected chi connectivity index (χ0v) is 13.2. The lowest BCUT2D eigenvalue weighted by Gasteiger charge is -2.24. The van der Waals surface area contributed by atoms with Gasteiger partial charge in [0.25, 0.3) is 0 Å². The molecular formula is C16H32N2O. The number of nitrogens with zero attached hydrogens (tertiary/aromatic N) is 1. The summed E-state index contributed by atoms with van der Waals surface area (Å²) in [5.41, 5.74) is 0. The van der Waals surface area contributed by atoms with E-state index >= 15 is 0 Å². The predicted molar refractivity (Wildman–Crippen MR) is 81.1 cm³/mol. The molecule has 1 fully saturated rings. The van der Waals surface area contributed by atoms with E-state index in [0.29, 0.717) is 18.4 Å². The molecule has 1 amide bonds. The molecule has 0 aromatic rings. The van der Waals surface area contributed by atoms with Gasteiger partial charge in [0.15, 0.2) is 0 Å². The van der Waals surface area contributed by atoms with Crippen molar-refractivity contribution in [2.45, 2.75) is 53.4 Å². The van der Waals surface area contributed by atoms with Gasteiger partial charge in [-0.2, -0.15) is 0 Å². The second-order valence-electron chi connectivity index (χ2n) is 6.82. The molecule has 0 bridgehead atoms. The molecule has 1 saturated carbocycles. The maximum absolute atomic E-state index is 12.2. The summed E-state index contributed by atoms with van der Waals surface area (Å²) in [6.45, 7) is 12.2. The molecule has 1 aliphatic carbocycles. The van der Waals surface area contributed by atoms with Crippen molar-refractivity contribution in [3.63, 3.8) is 0 Å². The van der Waals surface area contributed by atoms with E-state index in [-0.39, 0.29) is 5.91 Å². The number of amides is 1. The Morgan fingerprint density at radius 3 is 2.05 bits per heavy atom. The third kappa shape index (κ3) is 8.25. The standard InChI is InChI=1S/C16H32N2O/c1-13(2)7-9-18(10-8-14(3)4)16(19)12-17-11-15-5-6-15/h13-15,17H,5-12H2,1-4H3. The maximum atomic E-state index is 12.2. The first-order valence-corrected chi connectivity index (χ1v) is 7.97. The van der Waals surface area contributed by atoms with Gasteiger partial charge in [-0.25, -0.2) is 0 Å². The minimum atomic E-state index is 0.280. The van der Waals surface area contributed by atoms with E-state index in [1.54, 1.807) is 0 Å². The summed E-state index contributed by atoms with van der Waals surface area (Å²) in [5, 5.41) is 3.31. The summed E-state index contributed by atoms with van der Waals surface area (Å²) in [6, 6.07) is 0. The molecule has 1 N–H and O–H groups in total. The van der Waals surface area contributed by atoms with Gasteiger partial charge in [0.05, 0.1) is 6.54 Å². The average Bonchev–Trinajstić information content (AvgIpc) is 3.12. The van der Waals surface area contributed by atoms with Gasteiger partial charge in [-0.15, -0.1) is 0 Å². The van der Waals surface area contributed by atoms with Gasteiger partial charge in [0.1, 0.15) is 0 Å². The number of hydrogen-bond donors (Lipinski definition) is 1. The Balaban J connectivity index is 2.28. The second kappa shape index (κ2) is 8.57. The fraction of sp³-hybridized carbons (Fsp3) is 0.938. The van der Waals surface area contributed by atoms with Crippen LogP contribution in [0, 0.1) is 17.8 Å². The molecule has 0 aromatic heterocycles. The van der Waals surface area contributed by atoms with Crippen LogP contribution in [0.25, 0.3) is 0 Å². The van der Waals surface area contributed by atoms with E-state index in [0.717, 1.165) is 38.4 Å². The molecule has 0 atom stereocenters. The molecule has 1 rings (SSSR count). The van der Waals surface area contributed by atoms with E-state index in [9.17, 15) is 4.79 Å². The Bertz CT molecular complexity index is 247. The van der Waals surface area contributed by atoms with Gasteiger partial charge in [0.2, 0.25) is 5.91 Å². The van der Waals surface area contributed by atoms with Crippen molar-refractivity contribution in [3.8, 4) is 0 Å². The van der Waals surface area contributed by atoms with Gasteiger partial charge in [-0.05, 0) is 50.0 Å². The van der Waals surface area contributed by atoms with Crippen LogP contribution >= 0.6 is 0 Å². The molecule has 0 aromatic carbocycles. The summed E-state index contributed by atoms with van der Waals surface area (Å²) in [7, 11) is 0. The number of nitrogens with one attached hydrogen (secondary N) is 1. The van der Waals surface area contributed by atoms with E-state index in [4.69, 9.17) is 0 Å². The van der Waals surface area contributed by atoms with E-state index < -0.39 is 0 Å². The quantitative estimate of drug-likeness (QED) is 0.661. The fourth-order valence-corrected chi connectivity index (χ4v) is 2.01. The normalized spacial score (nSPS) is 15.3. The van der Waals surface area contributed by atoms with Gasteiger partial charge in [-0.3, -0.25) is 4.79 Å². The Kier molecular flexibility index (Phi) is 7.44. The SMILES string of the molecule is CC(C)CCN(CCC(C)C)C(=O)CNCC1CC1. The minimum absolute atomic E-state index is 0.280. The Hall–Kier alpha value is -0.570. The molecule has 112 valence electrons. The van der Waals surface area contributed by atoms with Crippen molar-refractivity contribution in [2.24, 2.45) is 17.8 Å². The van der Waals surface area contributed by atoms with Gasteiger partial charge in [-0.1, -0.05) is 27.7 Å². The summed E-state index contributed by atoms with van der Waals surface area (Å²) >= 11 is 0. The van der Waals surface area contributed by atoms with Crippen LogP contribution in [0.3, 0.4) is 0 Å². The second-order valence-corrected chi connectivity index (χ2v) is 6.82. The largest absolute Gasteiger partial charge is 0.342 e. The van der Waals surface area contributed by atoms with Crippen molar-refractivity contribution >= 4 is 5.91 Å².